The van der Waals surface area contributed by atoms with Crippen LogP contribution in [0.15, 0.2) is 0 Å². The van der Waals surface area contributed by atoms with E-state index in [2.05, 4.69) is 18.7 Å². The van der Waals surface area contributed by atoms with Crippen LogP contribution >= 0.6 is 0 Å². The summed E-state index contributed by atoms with van der Waals surface area (Å²) in [6, 6.07) is 0.979. The van der Waals surface area contributed by atoms with E-state index in [-0.39, 0.29) is 6.04 Å². The SMILES string of the molecule is CCC(C)N1CC2(CCOC[C@@H]2N)C1. The van der Waals surface area contributed by atoms with Crippen molar-refractivity contribution < 1.29 is 4.74 Å². The Morgan fingerprint density at radius 3 is 2.86 bits per heavy atom. The highest BCUT2D eigenvalue weighted by Crippen LogP contribution is 2.40. The van der Waals surface area contributed by atoms with Gasteiger partial charge in [-0.1, -0.05) is 6.92 Å². The van der Waals surface area contributed by atoms with Crippen molar-refractivity contribution in [3.05, 3.63) is 0 Å². The third-order valence-electron chi connectivity index (χ3n) is 4.08. The first-order valence-corrected chi connectivity index (χ1v) is 5.75. The fraction of sp³-hybridized carbons (Fsp3) is 1.00. The summed E-state index contributed by atoms with van der Waals surface area (Å²) in [6.07, 6.45) is 2.39. The molecule has 1 spiro atoms. The van der Waals surface area contributed by atoms with Gasteiger partial charge in [-0.05, 0) is 19.8 Å². The van der Waals surface area contributed by atoms with E-state index in [4.69, 9.17) is 10.5 Å². The van der Waals surface area contributed by atoms with E-state index in [1.807, 2.05) is 0 Å². The fourth-order valence-corrected chi connectivity index (χ4v) is 2.57. The molecule has 0 aromatic rings. The number of hydrogen-bond acceptors (Lipinski definition) is 3. The van der Waals surface area contributed by atoms with Crippen LogP contribution in [0, 0.1) is 5.41 Å². The Labute approximate surface area is 86.6 Å². The average Bonchev–Trinajstić information content (AvgIpc) is 2.14. The maximum absolute atomic E-state index is 6.13. The maximum atomic E-state index is 6.13. The molecule has 0 aromatic heterocycles. The van der Waals surface area contributed by atoms with Crippen LogP contribution in [-0.4, -0.2) is 43.3 Å². The van der Waals surface area contributed by atoms with E-state index in [0.29, 0.717) is 5.41 Å². The number of rotatable bonds is 2. The molecule has 2 atom stereocenters. The Hall–Kier alpha value is -0.120. The van der Waals surface area contributed by atoms with Gasteiger partial charge >= 0.3 is 0 Å². The highest BCUT2D eigenvalue weighted by molar-refractivity contribution is 5.04. The summed E-state index contributed by atoms with van der Waals surface area (Å²) >= 11 is 0. The molecule has 2 saturated heterocycles. The molecule has 2 heterocycles. The molecule has 0 radical (unpaired) electrons. The van der Waals surface area contributed by atoms with Crippen molar-refractivity contribution in [3.8, 4) is 0 Å². The number of nitrogens with zero attached hydrogens (tertiary/aromatic N) is 1. The molecule has 3 nitrogen and oxygen atoms in total. The van der Waals surface area contributed by atoms with Crippen molar-refractivity contribution in [3.63, 3.8) is 0 Å². The molecule has 2 N–H and O–H groups in total. The predicted octanol–water partition coefficient (Wildman–Crippen LogP) is 0.835. The van der Waals surface area contributed by atoms with Gasteiger partial charge in [0, 0.05) is 37.2 Å². The molecule has 0 saturated carbocycles. The quantitative estimate of drug-likeness (QED) is 0.714. The smallest absolute Gasteiger partial charge is 0.0623 e. The molecule has 0 aliphatic carbocycles. The van der Waals surface area contributed by atoms with Crippen LogP contribution in [0.3, 0.4) is 0 Å². The van der Waals surface area contributed by atoms with Crippen molar-refractivity contribution in [2.45, 2.75) is 38.8 Å². The molecular weight excluding hydrogens is 176 g/mol. The zero-order chi connectivity index (χ0) is 10.2. The van der Waals surface area contributed by atoms with Crippen molar-refractivity contribution >= 4 is 0 Å². The van der Waals surface area contributed by atoms with Gasteiger partial charge < -0.3 is 10.5 Å². The van der Waals surface area contributed by atoms with Crippen LogP contribution in [0.1, 0.15) is 26.7 Å². The zero-order valence-corrected chi connectivity index (χ0v) is 9.33. The third kappa shape index (κ3) is 1.58. The Morgan fingerprint density at radius 1 is 1.57 bits per heavy atom. The Balaban J connectivity index is 1.89. The lowest BCUT2D eigenvalue weighted by atomic mass is 9.69. The lowest BCUT2D eigenvalue weighted by Crippen LogP contribution is -2.68. The number of likely N-dealkylation sites (tertiary alicyclic amines) is 1. The summed E-state index contributed by atoms with van der Waals surface area (Å²) in [6.45, 7) is 8.59. The minimum atomic E-state index is 0.261. The normalized spacial score (nSPS) is 34.1. The highest BCUT2D eigenvalue weighted by Gasteiger charge is 2.49. The molecule has 2 fully saturated rings. The molecule has 3 heteroatoms. The summed E-state index contributed by atoms with van der Waals surface area (Å²) in [4.78, 5) is 2.55. The van der Waals surface area contributed by atoms with E-state index in [0.717, 1.165) is 25.7 Å². The molecule has 1 unspecified atom stereocenters. The summed E-state index contributed by atoms with van der Waals surface area (Å²) in [5, 5.41) is 0. The van der Waals surface area contributed by atoms with Gasteiger partial charge in [0.15, 0.2) is 0 Å². The van der Waals surface area contributed by atoms with E-state index < -0.39 is 0 Å². The molecule has 2 rings (SSSR count). The van der Waals surface area contributed by atoms with Gasteiger partial charge in [-0.2, -0.15) is 0 Å². The Bertz CT molecular complexity index is 201. The number of ether oxygens (including phenoxy) is 1. The summed E-state index contributed by atoms with van der Waals surface area (Å²) in [5.74, 6) is 0. The van der Waals surface area contributed by atoms with Crippen LogP contribution in [0.25, 0.3) is 0 Å². The second-order valence-corrected chi connectivity index (χ2v) is 4.96. The topological polar surface area (TPSA) is 38.5 Å². The summed E-state index contributed by atoms with van der Waals surface area (Å²) < 4.78 is 5.39. The van der Waals surface area contributed by atoms with Crippen molar-refractivity contribution in [2.24, 2.45) is 11.1 Å². The molecule has 2 aliphatic heterocycles. The van der Waals surface area contributed by atoms with Crippen molar-refractivity contribution in [2.75, 3.05) is 26.3 Å². The van der Waals surface area contributed by atoms with Crippen LogP contribution < -0.4 is 5.73 Å². The summed E-state index contributed by atoms with van der Waals surface area (Å²) in [5.41, 5.74) is 6.52. The molecule has 0 bridgehead atoms. The fourth-order valence-electron chi connectivity index (χ4n) is 2.57. The summed E-state index contributed by atoms with van der Waals surface area (Å²) in [7, 11) is 0. The van der Waals surface area contributed by atoms with Gasteiger partial charge in [0.1, 0.15) is 0 Å². The third-order valence-corrected chi connectivity index (χ3v) is 4.08. The van der Waals surface area contributed by atoms with Gasteiger partial charge in [0.25, 0.3) is 0 Å². The van der Waals surface area contributed by atoms with Crippen molar-refractivity contribution in [1.82, 2.24) is 4.90 Å². The van der Waals surface area contributed by atoms with Gasteiger partial charge in [0.05, 0.1) is 6.61 Å². The highest BCUT2D eigenvalue weighted by atomic mass is 16.5. The molecule has 0 amide bonds. The molecular formula is C11H22N2O. The number of hydrogen-bond donors (Lipinski definition) is 1. The lowest BCUT2D eigenvalue weighted by Gasteiger charge is -2.57. The van der Waals surface area contributed by atoms with E-state index in [1.54, 1.807) is 0 Å². The minimum absolute atomic E-state index is 0.261. The largest absolute Gasteiger partial charge is 0.380 e. The molecule has 14 heavy (non-hydrogen) atoms. The van der Waals surface area contributed by atoms with Crippen LogP contribution in [0.5, 0.6) is 0 Å². The Morgan fingerprint density at radius 2 is 2.29 bits per heavy atom. The monoisotopic (exact) mass is 198 g/mol. The maximum Gasteiger partial charge on any atom is 0.0623 e. The van der Waals surface area contributed by atoms with E-state index in [1.165, 1.54) is 19.5 Å². The van der Waals surface area contributed by atoms with Crippen molar-refractivity contribution in [1.29, 1.82) is 0 Å². The van der Waals surface area contributed by atoms with E-state index >= 15 is 0 Å². The first-order chi connectivity index (χ1) is 6.68. The van der Waals surface area contributed by atoms with Crippen LogP contribution in [0.2, 0.25) is 0 Å². The van der Waals surface area contributed by atoms with E-state index in [9.17, 15) is 0 Å². The Kier molecular flexibility index (Phi) is 2.82. The zero-order valence-electron chi connectivity index (χ0n) is 9.33. The predicted molar refractivity (Wildman–Crippen MR) is 57.2 cm³/mol. The molecule has 2 aliphatic rings. The minimum Gasteiger partial charge on any atom is -0.380 e. The van der Waals surface area contributed by atoms with Gasteiger partial charge in [-0.25, -0.2) is 0 Å². The van der Waals surface area contributed by atoms with Crippen LogP contribution in [0.4, 0.5) is 0 Å². The second kappa shape index (κ2) is 3.80. The number of nitrogens with two attached hydrogens (primary N) is 1. The standard InChI is InChI=1S/C11H22N2O/c1-3-9(2)13-7-11(8-13)4-5-14-6-10(11)12/h9-10H,3-8,12H2,1-2H3/t9?,10-/m0/s1. The second-order valence-electron chi connectivity index (χ2n) is 4.96. The first-order valence-electron chi connectivity index (χ1n) is 5.75. The van der Waals surface area contributed by atoms with Gasteiger partial charge in [0.2, 0.25) is 0 Å². The molecule has 82 valence electrons. The average molecular weight is 198 g/mol. The van der Waals surface area contributed by atoms with Gasteiger partial charge in [-0.15, -0.1) is 0 Å². The first kappa shape index (κ1) is 10.4. The lowest BCUT2D eigenvalue weighted by molar-refractivity contribution is -0.109. The van der Waals surface area contributed by atoms with Crippen LogP contribution in [-0.2, 0) is 4.74 Å². The van der Waals surface area contributed by atoms with Gasteiger partial charge in [-0.3, -0.25) is 4.90 Å². The molecule has 0 aromatic carbocycles.